The number of halogens is 1. The summed E-state index contributed by atoms with van der Waals surface area (Å²) in [5.41, 5.74) is 0. The first-order valence-electron chi connectivity index (χ1n) is 10.9. The van der Waals surface area contributed by atoms with Gasteiger partial charge in [0, 0.05) is 59.4 Å². The quantitative estimate of drug-likeness (QED) is 0.338. The predicted octanol–water partition coefficient (Wildman–Crippen LogP) is 0.821. The Labute approximate surface area is 192 Å². The largest absolute Gasteiger partial charge is 0.347 e. The highest BCUT2D eigenvalue weighted by atomic mass is 127. The van der Waals surface area contributed by atoms with E-state index in [9.17, 15) is 9.59 Å². The minimum atomic E-state index is -0.0593. The lowest BCUT2D eigenvalue weighted by Gasteiger charge is -2.39. The zero-order valence-electron chi connectivity index (χ0n) is 17.9. The van der Waals surface area contributed by atoms with Crippen LogP contribution < -0.4 is 5.32 Å². The van der Waals surface area contributed by atoms with Gasteiger partial charge >= 0.3 is 0 Å². The number of likely N-dealkylation sites (tertiary alicyclic amines) is 2. The van der Waals surface area contributed by atoms with Crippen molar-refractivity contribution in [1.82, 2.24) is 24.9 Å². The molecule has 3 fully saturated rings. The van der Waals surface area contributed by atoms with Crippen molar-refractivity contribution in [2.45, 2.75) is 45.1 Å². The van der Waals surface area contributed by atoms with Crippen molar-refractivity contribution in [3.8, 4) is 0 Å². The molecule has 1 unspecified atom stereocenters. The SMILES string of the molecule is CN=C(NCC(=O)N1CCCCC1)N1CCN(C(C)C(=O)N2CCCC2)CC1.I. The third kappa shape index (κ3) is 6.44. The number of nitrogens with zero attached hydrogens (tertiary/aromatic N) is 5. The van der Waals surface area contributed by atoms with Gasteiger partial charge in [0.05, 0.1) is 12.6 Å². The Bertz CT molecular complexity index is 567. The Balaban J connectivity index is 0.00000300. The molecule has 1 atom stereocenters. The summed E-state index contributed by atoms with van der Waals surface area (Å²) in [7, 11) is 1.76. The van der Waals surface area contributed by atoms with Gasteiger partial charge in [0.15, 0.2) is 5.96 Å². The molecule has 0 radical (unpaired) electrons. The van der Waals surface area contributed by atoms with E-state index < -0.39 is 0 Å². The molecular weight excluding hydrogens is 483 g/mol. The van der Waals surface area contributed by atoms with E-state index in [1.807, 2.05) is 16.7 Å². The van der Waals surface area contributed by atoms with Gasteiger partial charge in [0.2, 0.25) is 11.8 Å². The van der Waals surface area contributed by atoms with E-state index in [1.54, 1.807) is 7.05 Å². The van der Waals surface area contributed by atoms with Crippen LogP contribution in [0.25, 0.3) is 0 Å². The first-order valence-corrected chi connectivity index (χ1v) is 10.9. The molecule has 0 saturated carbocycles. The molecular formula is C20H37IN6O2. The maximum Gasteiger partial charge on any atom is 0.241 e. The second-order valence-corrected chi connectivity index (χ2v) is 8.07. The van der Waals surface area contributed by atoms with E-state index in [1.165, 1.54) is 6.42 Å². The minimum Gasteiger partial charge on any atom is -0.347 e. The van der Waals surface area contributed by atoms with Crippen LogP contribution in [0.1, 0.15) is 39.0 Å². The van der Waals surface area contributed by atoms with Crippen LogP contribution in [0, 0.1) is 0 Å². The van der Waals surface area contributed by atoms with Gasteiger partial charge in [-0.3, -0.25) is 19.5 Å². The summed E-state index contributed by atoms with van der Waals surface area (Å²) in [5.74, 6) is 1.20. The number of aliphatic imine (C=N–C) groups is 1. The molecule has 3 aliphatic heterocycles. The number of piperazine rings is 1. The molecule has 29 heavy (non-hydrogen) atoms. The number of nitrogens with one attached hydrogen (secondary N) is 1. The van der Waals surface area contributed by atoms with Crippen molar-refractivity contribution >= 4 is 41.8 Å². The van der Waals surface area contributed by atoms with Crippen molar-refractivity contribution in [3.63, 3.8) is 0 Å². The van der Waals surface area contributed by atoms with Crippen molar-refractivity contribution < 1.29 is 9.59 Å². The molecule has 0 bridgehead atoms. The maximum absolute atomic E-state index is 12.6. The summed E-state index contributed by atoms with van der Waals surface area (Å²) in [6.07, 6.45) is 5.70. The molecule has 9 heteroatoms. The first kappa shape index (κ1) is 24.2. The van der Waals surface area contributed by atoms with Gasteiger partial charge < -0.3 is 20.0 Å². The number of carbonyl (C=O) groups is 2. The monoisotopic (exact) mass is 520 g/mol. The smallest absolute Gasteiger partial charge is 0.241 e. The molecule has 3 rings (SSSR count). The Morgan fingerprint density at radius 2 is 1.38 bits per heavy atom. The van der Waals surface area contributed by atoms with Crippen molar-refractivity contribution in [3.05, 3.63) is 0 Å². The van der Waals surface area contributed by atoms with Crippen LogP contribution in [0.15, 0.2) is 4.99 Å². The van der Waals surface area contributed by atoms with E-state index in [-0.39, 0.29) is 41.8 Å². The lowest BCUT2D eigenvalue weighted by molar-refractivity contribution is -0.136. The Kier molecular flexibility index (Phi) is 9.94. The maximum atomic E-state index is 12.6. The molecule has 1 N–H and O–H groups in total. The zero-order valence-corrected chi connectivity index (χ0v) is 20.3. The summed E-state index contributed by atoms with van der Waals surface area (Å²) < 4.78 is 0. The summed E-state index contributed by atoms with van der Waals surface area (Å²) in [6.45, 7) is 9.20. The van der Waals surface area contributed by atoms with Gasteiger partial charge in [0.25, 0.3) is 0 Å². The summed E-state index contributed by atoms with van der Waals surface area (Å²) >= 11 is 0. The number of amides is 2. The minimum absolute atomic E-state index is 0. The number of rotatable bonds is 4. The summed E-state index contributed by atoms with van der Waals surface area (Å²) in [5, 5.41) is 3.24. The van der Waals surface area contributed by atoms with Crippen LogP contribution in [0.5, 0.6) is 0 Å². The Morgan fingerprint density at radius 3 is 1.97 bits per heavy atom. The van der Waals surface area contributed by atoms with Gasteiger partial charge in [-0.05, 0) is 39.0 Å². The van der Waals surface area contributed by atoms with Gasteiger partial charge in [-0.2, -0.15) is 0 Å². The lowest BCUT2D eigenvalue weighted by atomic mass is 10.1. The van der Waals surface area contributed by atoms with Crippen LogP contribution in [0.4, 0.5) is 0 Å². The van der Waals surface area contributed by atoms with Gasteiger partial charge in [-0.25, -0.2) is 0 Å². The third-order valence-corrected chi connectivity index (χ3v) is 6.25. The average molecular weight is 520 g/mol. The molecule has 0 aromatic rings. The van der Waals surface area contributed by atoms with E-state index in [0.29, 0.717) is 6.54 Å². The standard InChI is InChI=1S/C20H36N6O2.HI/c1-17(19(28)25-10-6-7-11-25)23-12-14-26(15-13-23)20(21-2)22-16-18(27)24-8-4-3-5-9-24;/h17H,3-16H2,1-2H3,(H,21,22);1H. The molecule has 8 nitrogen and oxygen atoms in total. The highest BCUT2D eigenvalue weighted by Crippen LogP contribution is 2.14. The number of guanidine groups is 1. The topological polar surface area (TPSA) is 71.5 Å². The van der Waals surface area contributed by atoms with E-state index in [0.717, 1.165) is 84.0 Å². The predicted molar refractivity (Wildman–Crippen MR) is 126 cm³/mol. The van der Waals surface area contributed by atoms with E-state index in [2.05, 4.69) is 20.1 Å². The number of hydrogen-bond acceptors (Lipinski definition) is 4. The van der Waals surface area contributed by atoms with Crippen LogP contribution in [-0.2, 0) is 9.59 Å². The molecule has 0 aliphatic carbocycles. The summed E-state index contributed by atoms with van der Waals surface area (Å²) in [6, 6.07) is -0.0593. The highest BCUT2D eigenvalue weighted by Gasteiger charge is 2.30. The normalized spacial score (nSPS) is 22.3. The second-order valence-electron chi connectivity index (χ2n) is 8.07. The lowest BCUT2D eigenvalue weighted by Crippen LogP contribution is -2.57. The molecule has 3 saturated heterocycles. The van der Waals surface area contributed by atoms with Crippen LogP contribution in [0.2, 0.25) is 0 Å². The average Bonchev–Trinajstić information content (AvgIpc) is 3.29. The fraction of sp³-hybridized carbons (Fsp3) is 0.850. The van der Waals surface area contributed by atoms with E-state index >= 15 is 0 Å². The molecule has 0 aromatic heterocycles. The van der Waals surface area contributed by atoms with Crippen LogP contribution >= 0.6 is 24.0 Å². The third-order valence-electron chi connectivity index (χ3n) is 6.25. The Hall–Kier alpha value is -1.10. The molecule has 2 amide bonds. The van der Waals surface area contributed by atoms with Gasteiger partial charge in [0.1, 0.15) is 0 Å². The second kappa shape index (κ2) is 11.9. The zero-order chi connectivity index (χ0) is 19.9. The number of piperidine rings is 1. The fourth-order valence-electron chi connectivity index (χ4n) is 4.42. The molecule has 166 valence electrons. The Morgan fingerprint density at radius 1 is 0.828 bits per heavy atom. The summed E-state index contributed by atoms with van der Waals surface area (Å²) in [4.78, 5) is 37.8. The number of carbonyl (C=O) groups excluding carboxylic acids is 2. The van der Waals surface area contributed by atoms with Gasteiger partial charge in [-0.15, -0.1) is 24.0 Å². The van der Waals surface area contributed by atoms with Crippen LogP contribution in [-0.4, -0.2) is 109 Å². The van der Waals surface area contributed by atoms with E-state index in [4.69, 9.17) is 0 Å². The molecule has 0 aromatic carbocycles. The van der Waals surface area contributed by atoms with Crippen molar-refractivity contribution in [2.75, 3.05) is 66.0 Å². The molecule has 3 heterocycles. The molecule has 0 spiro atoms. The fourth-order valence-corrected chi connectivity index (χ4v) is 4.42. The van der Waals surface area contributed by atoms with Crippen molar-refractivity contribution in [2.24, 2.45) is 4.99 Å². The van der Waals surface area contributed by atoms with Gasteiger partial charge in [-0.1, -0.05) is 0 Å². The van der Waals surface area contributed by atoms with Crippen molar-refractivity contribution in [1.29, 1.82) is 0 Å². The first-order chi connectivity index (χ1) is 13.6. The number of hydrogen-bond donors (Lipinski definition) is 1. The highest BCUT2D eigenvalue weighted by molar-refractivity contribution is 14.0. The van der Waals surface area contributed by atoms with Crippen LogP contribution in [0.3, 0.4) is 0 Å². The molecule has 3 aliphatic rings.